The SMILES string of the molecule is CC.Cc1ccccc1C.c1ccc(-c2ccc(-n3c4ccccc4c4cc(-c5ccc6c(c5)c5cc(-c7ccc8c(c7)c7ccccc7n8-c7ccc(-c8ccccc8)cc7)ccc5n6-c5ccc(-c6ccccc6)cc5)ccc43)cc2)cc1. The van der Waals surface area contributed by atoms with Gasteiger partial charge >= 0.3 is 0 Å². The number of para-hydroxylation sites is 2. The molecule has 3 heteroatoms. The van der Waals surface area contributed by atoms with Crippen LogP contribution in [-0.4, -0.2) is 13.7 Å². The van der Waals surface area contributed by atoms with Crippen molar-refractivity contribution in [1.82, 2.24) is 13.7 Å². The standard InChI is InChI=1S/C72H47N3.C8H10.C2H6/c1-4-14-48(15-5-1)51-24-34-58(35-25-51)73-67-22-12-10-20-61(67)63-44-54(30-40-69(63)73)56-32-42-71-65(46-56)66-47-57(33-43-72(66)75(71)60-38-28-53(29-39-60)50-18-8-3-9-19-50)55-31-41-70-64(45-55)62-21-11-13-23-68(62)74(70)59-36-26-52(27-37-59)49-16-6-2-7-17-49;1-7-5-3-4-6-8(7)2;1-2/h1-47H;3-6H,1-2H3;1-2H3. The summed E-state index contributed by atoms with van der Waals surface area (Å²) in [6.45, 7) is 8.24. The van der Waals surface area contributed by atoms with Crippen LogP contribution in [0.2, 0.25) is 0 Å². The molecule has 3 aromatic heterocycles. The van der Waals surface area contributed by atoms with Crippen LogP contribution in [0.15, 0.2) is 309 Å². The summed E-state index contributed by atoms with van der Waals surface area (Å²) < 4.78 is 7.25. The van der Waals surface area contributed by atoms with Gasteiger partial charge in [-0.15, -0.1) is 0 Å². The van der Waals surface area contributed by atoms with Crippen molar-refractivity contribution in [1.29, 1.82) is 0 Å². The Labute approximate surface area is 497 Å². The number of fused-ring (bicyclic) bond motifs is 9. The lowest BCUT2D eigenvalue weighted by Crippen LogP contribution is -1.94. The van der Waals surface area contributed by atoms with E-state index in [0.717, 1.165) is 17.1 Å². The summed E-state index contributed by atoms with van der Waals surface area (Å²) in [5, 5.41) is 7.38. The van der Waals surface area contributed by atoms with E-state index >= 15 is 0 Å². The first-order valence-electron chi connectivity index (χ1n) is 29.6. The lowest BCUT2D eigenvalue weighted by atomic mass is 9.98. The highest BCUT2D eigenvalue weighted by Crippen LogP contribution is 2.42. The number of benzene rings is 13. The van der Waals surface area contributed by atoms with Gasteiger partial charge < -0.3 is 13.7 Å². The van der Waals surface area contributed by atoms with Crippen LogP contribution in [-0.2, 0) is 0 Å². The molecule has 0 aliphatic carbocycles. The lowest BCUT2D eigenvalue weighted by molar-refractivity contribution is 1.18. The van der Waals surface area contributed by atoms with Gasteiger partial charge in [0, 0.05) is 49.4 Å². The summed E-state index contributed by atoms with van der Waals surface area (Å²) in [4.78, 5) is 0. The quantitative estimate of drug-likeness (QED) is 0.144. The molecule has 16 rings (SSSR count). The summed E-state index contributed by atoms with van der Waals surface area (Å²) in [7, 11) is 0. The summed E-state index contributed by atoms with van der Waals surface area (Å²) in [6.07, 6.45) is 0. The average molecular weight is 1090 g/mol. The van der Waals surface area contributed by atoms with Gasteiger partial charge in [0.05, 0.1) is 33.1 Å². The highest BCUT2D eigenvalue weighted by Gasteiger charge is 2.19. The number of hydrogen-bond donors (Lipinski definition) is 0. The summed E-state index contributed by atoms with van der Waals surface area (Å²) in [6, 6.07) is 113. The van der Waals surface area contributed by atoms with E-state index in [-0.39, 0.29) is 0 Å². The zero-order chi connectivity index (χ0) is 57.4. The Balaban J connectivity index is 0.000000589. The second-order valence-corrected chi connectivity index (χ2v) is 21.8. The minimum absolute atomic E-state index is 1.13. The molecule has 0 unspecified atom stereocenters. The highest BCUT2D eigenvalue weighted by atomic mass is 15.0. The van der Waals surface area contributed by atoms with Crippen LogP contribution < -0.4 is 0 Å². The molecule has 0 aliphatic heterocycles. The molecule has 16 aromatic rings. The van der Waals surface area contributed by atoms with Gasteiger partial charge in [0.2, 0.25) is 0 Å². The van der Waals surface area contributed by atoms with E-state index in [4.69, 9.17) is 0 Å². The molecule has 0 saturated carbocycles. The van der Waals surface area contributed by atoms with Crippen molar-refractivity contribution in [2.45, 2.75) is 27.7 Å². The van der Waals surface area contributed by atoms with E-state index in [2.05, 4.69) is 337 Å². The van der Waals surface area contributed by atoms with Gasteiger partial charge in [0.1, 0.15) is 0 Å². The Morgan fingerprint density at radius 1 is 0.176 bits per heavy atom. The van der Waals surface area contributed by atoms with Crippen LogP contribution in [0, 0.1) is 13.8 Å². The third-order valence-electron chi connectivity index (χ3n) is 16.9. The fourth-order valence-corrected chi connectivity index (χ4v) is 12.5. The fraction of sp³-hybridized carbons (Fsp3) is 0.0488. The molecule has 0 amide bonds. The largest absolute Gasteiger partial charge is 0.309 e. The topological polar surface area (TPSA) is 14.8 Å². The average Bonchev–Trinajstić information content (AvgIpc) is 1.86. The lowest BCUT2D eigenvalue weighted by Gasteiger charge is -2.11. The van der Waals surface area contributed by atoms with Crippen molar-refractivity contribution < 1.29 is 0 Å². The maximum absolute atomic E-state index is 2.44. The van der Waals surface area contributed by atoms with Crippen LogP contribution in [0.1, 0.15) is 25.0 Å². The summed E-state index contributed by atoms with van der Waals surface area (Å²) >= 11 is 0. The van der Waals surface area contributed by atoms with E-state index in [0.29, 0.717) is 0 Å². The Bertz CT molecular complexity index is 4770. The molecule has 3 nitrogen and oxygen atoms in total. The minimum atomic E-state index is 1.13. The second-order valence-electron chi connectivity index (χ2n) is 21.8. The van der Waals surface area contributed by atoms with Gasteiger partial charge in [-0.3, -0.25) is 0 Å². The molecular weight excluding hydrogens is 1030 g/mol. The van der Waals surface area contributed by atoms with Crippen LogP contribution in [0.4, 0.5) is 0 Å². The summed E-state index contributed by atoms with van der Waals surface area (Å²) in [5.74, 6) is 0. The van der Waals surface area contributed by atoms with E-state index in [9.17, 15) is 0 Å². The first-order valence-corrected chi connectivity index (χ1v) is 29.6. The molecular formula is C82H63N3. The molecule has 0 bridgehead atoms. The van der Waals surface area contributed by atoms with E-state index in [1.165, 1.54) is 132 Å². The van der Waals surface area contributed by atoms with Crippen molar-refractivity contribution >= 4 is 65.4 Å². The van der Waals surface area contributed by atoms with Gasteiger partial charge in [-0.05, 0) is 178 Å². The molecule has 0 N–H and O–H groups in total. The van der Waals surface area contributed by atoms with Crippen molar-refractivity contribution in [3.05, 3.63) is 321 Å². The van der Waals surface area contributed by atoms with Gasteiger partial charge in [0.15, 0.2) is 0 Å². The maximum atomic E-state index is 2.44. The van der Waals surface area contributed by atoms with Gasteiger partial charge in [-0.1, -0.05) is 226 Å². The molecule has 0 radical (unpaired) electrons. The van der Waals surface area contributed by atoms with E-state index in [1.807, 2.05) is 13.8 Å². The number of rotatable bonds is 8. The van der Waals surface area contributed by atoms with Crippen molar-refractivity contribution in [3.8, 4) is 72.7 Å². The normalized spacial score (nSPS) is 11.3. The first kappa shape index (κ1) is 52.3. The van der Waals surface area contributed by atoms with Gasteiger partial charge in [-0.2, -0.15) is 0 Å². The predicted octanol–water partition coefficient (Wildman–Crippen LogP) is 22.6. The Morgan fingerprint density at radius 2 is 0.388 bits per heavy atom. The Morgan fingerprint density at radius 3 is 0.671 bits per heavy atom. The van der Waals surface area contributed by atoms with Crippen molar-refractivity contribution in [3.63, 3.8) is 0 Å². The highest BCUT2D eigenvalue weighted by molar-refractivity contribution is 6.15. The predicted molar refractivity (Wildman–Crippen MR) is 364 cm³/mol. The van der Waals surface area contributed by atoms with E-state index < -0.39 is 0 Å². The maximum Gasteiger partial charge on any atom is 0.0541 e. The first-order chi connectivity index (χ1) is 42.0. The van der Waals surface area contributed by atoms with Crippen LogP contribution >= 0.6 is 0 Å². The smallest absolute Gasteiger partial charge is 0.0541 e. The zero-order valence-electron chi connectivity index (χ0n) is 48.3. The van der Waals surface area contributed by atoms with E-state index in [1.54, 1.807) is 0 Å². The molecule has 3 heterocycles. The number of aryl methyl sites for hydroxylation is 2. The summed E-state index contributed by atoms with van der Waals surface area (Å²) in [5.41, 5.74) is 25.3. The van der Waals surface area contributed by atoms with Crippen molar-refractivity contribution in [2.24, 2.45) is 0 Å². The molecule has 0 saturated heterocycles. The molecule has 0 spiro atoms. The molecule has 0 atom stereocenters. The molecule has 0 fully saturated rings. The second kappa shape index (κ2) is 22.5. The van der Waals surface area contributed by atoms with Crippen molar-refractivity contribution in [2.75, 3.05) is 0 Å². The van der Waals surface area contributed by atoms with Gasteiger partial charge in [0.25, 0.3) is 0 Å². The Kier molecular flexibility index (Phi) is 13.9. The zero-order valence-corrected chi connectivity index (χ0v) is 48.3. The number of nitrogens with zero attached hydrogens (tertiary/aromatic N) is 3. The van der Waals surface area contributed by atoms with Crippen LogP contribution in [0.3, 0.4) is 0 Å². The minimum Gasteiger partial charge on any atom is -0.309 e. The monoisotopic (exact) mass is 1090 g/mol. The molecule has 13 aromatic carbocycles. The number of hydrogen-bond acceptors (Lipinski definition) is 0. The molecule has 85 heavy (non-hydrogen) atoms. The number of aromatic nitrogens is 3. The van der Waals surface area contributed by atoms with Crippen LogP contribution in [0.5, 0.6) is 0 Å². The van der Waals surface area contributed by atoms with Crippen LogP contribution in [0.25, 0.3) is 138 Å². The molecule has 0 aliphatic rings. The Hall–Kier alpha value is -10.7. The molecule has 406 valence electrons. The third-order valence-corrected chi connectivity index (χ3v) is 16.9. The third kappa shape index (κ3) is 9.66. The fourth-order valence-electron chi connectivity index (χ4n) is 12.5. The van der Waals surface area contributed by atoms with Gasteiger partial charge in [-0.25, -0.2) is 0 Å².